The normalized spacial score (nSPS) is 20.1. The Balaban J connectivity index is 2.00. The molecule has 1 N–H and O–H groups in total. The number of hydrogen-bond donors (Lipinski definition) is 1. The Morgan fingerprint density at radius 2 is 2.07 bits per heavy atom. The fourth-order valence-corrected chi connectivity index (χ4v) is 1.68. The quantitative estimate of drug-likeness (QED) is 0.797. The van der Waals surface area contributed by atoms with Gasteiger partial charge in [-0.1, -0.05) is 12.1 Å². The lowest BCUT2D eigenvalue weighted by molar-refractivity contribution is -0.115. The number of carbonyl (C=O) groups excluding carboxylic acids is 1. The molecule has 0 aromatic heterocycles. The molecule has 0 spiro atoms. The molecule has 1 aliphatic heterocycles. The molecule has 0 aliphatic carbocycles. The first-order valence-corrected chi connectivity index (χ1v) is 4.94. The van der Waals surface area contributed by atoms with Crippen LogP contribution >= 0.6 is 0 Å². The maximum absolute atomic E-state index is 12.6. The number of halogens is 1. The molecule has 1 aliphatic rings. The zero-order valence-corrected chi connectivity index (χ0v) is 8.24. The topological polar surface area (TPSA) is 29.1 Å². The van der Waals surface area contributed by atoms with Crippen molar-refractivity contribution >= 4 is 5.78 Å². The molecule has 0 amide bonds. The van der Waals surface area contributed by atoms with Gasteiger partial charge in [0.15, 0.2) is 5.78 Å². The molecular weight excluding hydrogens is 193 g/mol. The van der Waals surface area contributed by atoms with Gasteiger partial charge < -0.3 is 5.32 Å². The summed E-state index contributed by atoms with van der Waals surface area (Å²) in [7, 11) is 0. The van der Waals surface area contributed by atoms with Crippen LogP contribution in [-0.4, -0.2) is 11.8 Å². The van der Waals surface area contributed by atoms with Crippen LogP contribution in [0.3, 0.4) is 0 Å². The van der Waals surface area contributed by atoms with Crippen molar-refractivity contribution in [2.24, 2.45) is 0 Å². The molecule has 1 aromatic rings. The largest absolute Gasteiger partial charge is 0.387 e. The summed E-state index contributed by atoms with van der Waals surface area (Å²) < 4.78 is 12.6. The van der Waals surface area contributed by atoms with Crippen LogP contribution in [0.25, 0.3) is 0 Å². The highest BCUT2D eigenvalue weighted by Gasteiger charge is 2.14. The summed E-state index contributed by atoms with van der Waals surface area (Å²) in [5, 5.41) is 3.12. The zero-order chi connectivity index (χ0) is 10.7. The van der Waals surface area contributed by atoms with Gasteiger partial charge in [0.1, 0.15) is 5.82 Å². The van der Waals surface area contributed by atoms with Gasteiger partial charge in [-0.15, -0.1) is 0 Å². The SMILES string of the molecule is O=C1C=CNC(Cc2ccc(F)cc2)C1. The van der Waals surface area contributed by atoms with E-state index in [1.807, 2.05) is 0 Å². The van der Waals surface area contributed by atoms with Gasteiger partial charge in [0, 0.05) is 18.7 Å². The number of rotatable bonds is 2. The molecule has 2 rings (SSSR count). The first-order chi connectivity index (χ1) is 7.24. The molecule has 1 heterocycles. The Hall–Kier alpha value is -1.64. The number of ketones is 1. The van der Waals surface area contributed by atoms with Crippen molar-refractivity contribution in [3.05, 3.63) is 47.9 Å². The Morgan fingerprint density at radius 1 is 1.33 bits per heavy atom. The second-order valence-electron chi connectivity index (χ2n) is 3.70. The Morgan fingerprint density at radius 3 is 2.73 bits per heavy atom. The number of allylic oxidation sites excluding steroid dienone is 1. The predicted octanol–water partition coefficient (Wildman–Crippen LogP) is 1.81. The third-order valence-electron chi connectivity index (χ3n) is 2.44. The summed E-state index contributed by atoms with van der Waals surface area (Å²) in [6.45, 7) is 0. The van der Waals surface area contributed by atoms with Crippen molar-refractivity contribution in [2.45, 2.75) is 18.9 Å². The second-order valence-corrected chi connectivity index (χ2v) is 3.70. The molecule has 3 heteroatoms. The summed E-state index contributed by atoms with van der Waals surface area (Å²) in [4.78, 5) is 11.1. The standard InChI is InChI=1S/C12H12FNO/c13-10-3-1-9(2-4-10)7-11-8-12(15)5-6-14-11/h1-6,11,14H,7-8H2. The number of carbonyl (C=O) groups is 1. The average molecular weight is 205 g/mol. The molecule has 1 aromatic carbocycles. The Bertz CT molecular complexity index is 383. The molecular formula is C12H12FNO. The highest BCUT2D eigenvalue weighted by molar-refractivity contribution is 5.90. The lowest BCUT2D eigenvalue weighted by atomic mass is 9.99. The summed E-state index contributed by atoms with van der Waals surface area (Å²) in [5.41, 5.74) is 1.04. The fraction of sp³-hybridized carbons (Fsp3) is 0.250. The van der Waals surface area contributed by atoms with Crippen molar-refractivity contribution in [2.75, 3.05) is 0 Å². The van der Waals surface area contributed by atoms with Gasteiger partial charge >= 0.3 is 0 Å². The van der Waals surface area contributed by atoms with Crippen molar-refractivity contribution < 1.29 is 9.18 Å². The number of nitrogens with one attached hydrogen (secondary N) is 1. The first kappa shape index (κ1) is 9.90. The molecule has 0 fully saturated rings. The van der Waals surface area contributed by atoms with Crippen LogP contribution < -0.4 is 5.32 Å². The molecule has 78 valence electrons. The van der Waals surface area contributed by atoms with E-state index in [9.17, 15) is 9.18 Å². The third-order valence-corrected chi connectivity index (χ3v) is 2.44. The minimum absolute atomic E-state index is 0.132. The highest BCUT2D eigenvalue weighted by atomic mass is 19.1. The van der Waals surface area contributed by atoms with E-state index in [-0.39, 0.29) is 17.6 Å². The average Bonchev–Trinajstić information content (AvgIpc) is 2.22. The molecule has 0 saturated carbocycles. The van der Waals surface area contributed by atoms with Crippen molar-refractivity contribution in [3.63, 3.8) is 0 Å². The maximum atomic E-state index is 12.6. The van der Waals surface area contributed by atoms with Gasteiger partial charge in [0.05, 0.1) is 0 Å². The predicted molar refractivity (Wildman–Crippen MR) is 55.8 cm³/mol. The lowest BCUT2D eigenvalue weighted by Crippen LogP contribution is -2.32. The summed E-state index contributed by atoms with van der Waals surface area (Å²) in [5.74, 6) is -0.0906. The lowest BCUT2D eigenvalue weighted by Gasteiger charge is -2.19. The highest BCUT2D eigenvalue weighted by Crippen LogP contribution is 2.10. The van der Waals surface area contributed by atoms with E-state index in [2.05, 4.69) is 5.32 Å². The van der Waals surface area contributed by atoms with E-state index in [1.165, 1.54) is 12.1 Å². The van der Waals surface area contributed by atoms with Gasteiger partial charge in [-0.2, -0.15) is 0 Å². The van der Waals surface area contributed by atoms with E-state index in [0.29, 0.717) is 6.42 Å². The van der Waals surface area contributed by atoms with Gasteiger partial charge in [0.25, 0.3) is 0 Å². The van der Waals surface area contributed by atoms with Crippen LogP contribution in [0.1, 0.15) is 12.0 Å². The van der Waals surface area contributed by atoms with Gasteiger partial charge in [-0.25, -0.2) is 4.39 Å². The summed E-state index contributed by atoms with van der Waals surface area (Å²) >= 11 is 0. The molecule has 0 bridgehead atoms. The second kappa shape index (κ2) is 4.26. The smallest absolute Gasteiger partial charge is 0.159 e. The van der Waals surface area contributed by atoms with Crippen molar-refractivity contribution in [3.8, 4) is 0 Å². The van der Waals surface area contributed by atoms with E-state index < -0.39 is 0 Å². The van der Waals surface area contributed by atoms with E-state index in [4.69, 9.17) is 0 Å². The van der Waals surface area contributed by atoms with Crippen molar-refractivity contribution in [1.82, 2.24) is 5.32 Å². The zero-order valence-electron chi connectivity index (χ0n) is 8.24. The van der Waals surface area contributed by atoms with Gasteiger partial charge in [-0.05, 0) is 30.2 Å². The van der Waals surface area contributed by atoms with Crippen LogP contribution in [0.5, 0.6) is 0 Å². The minimum atomic E-state index is -0.230. The first-order valence-electron chi connectivity index (χ1n) is 4.94. The van der Waals surface area contributed by atoms with Crippen LogP contribution in [0.2, 0.25) is 0 Å². The third kappa shape index (κ3) is 2.65. The number of hydrogen-bond acceptors (Lipinski definition) is 2. The maximum Gasteiger partial charge on any atom is 0.159 e. The minimum Gasteiger partial charge on any atom is -0.387 e. The molecule has 0 radical (unpaired) electrons. The Labute approximate surface area is 87.8 Å². The fourth-order valence-electron chi connectivity index (χ4n) is 1.68. The number of benzene rings is 1. The molecule has 15 heavy (non-hydrogen) atoms. The van der Waals surface area contributed by atoms with Crippen LogP contribution in [0, 0.1) is 5.82 Å². The van der Waals surface area contributed by atoms with Gasteiger partial charge in [0.2, 0.25) is 0 Å². The van der Waals surface area contributed by atoms with Crippen LogP contribution in [0.15, 0.2) is 36.5 Å². The van der Waals surface area contributed by atoms with E-state index >= 15 is 0 Å². The van der Waals surface area contributed by atoms with Crippen LogP contribution in [0.4, 0.5) is 4.39 Å². The summed E-state index contributed by atoms with van der Waals surface area (Å²) in [6.07, 6.45) is 4.48. The monoisotopic (exact) mass is 205 g/mol. The van der Waals surface area contributed by atoms with E-state index in [1.54, 1.807) is 24.4 Å². The Kier molecular flexibility index (Phi) is 2.81. The molecule has 1 atom stereocenters. The van der Waals surface area contributed by atoms with Crippen LogP contribution in [-0.2, 0) is 11.2 Å². The van der Waals surface area contributed by atoms with Crippen molar-refractivity contribution in [1.29, 1.82) is 0 Å². The summed E-state index contributed by atoms with van der Waals surface area (Å²) in [6, 6.07) is 6.51. The van der Waals surface area contributed by atoms with E-state index in [0.717, 1.165) is 12.0 Å². The molecule has 1 unspecified atom stereocenters. The van der Waals surface area contributed by atoms with Gasteiger partial charge in [-0.3, -0.25) is 4.79 Å². The molecule has 2 nitrogen and oxygen atoms in total. The molecule has 0 saturated heterocycles.